The van der Waals surface area contributed by atoms with Gasteiger partial charge >= 0.3 is 0 Å². The quantitative estimate of drug-likeness (QED) is 0.680. The summed E-state index contributed by atoms with van der Waals surface area (Å²) < 4.78 is 10.9. The van der Waals surface area contributed by atoms with Crippen LogP contribution < -0.4 is 27.5 Å². The molecule has 0 saturated carbocycles. The van der Waals surface area contributed by atoms with Crippen LogP contribution in [0.2, 0.25) is 10.0 Å². The second kappa shape index (κ2) is 9.76. The molecule has 1 aromatic heterocycles. The molecule has 0 amide bonds. The highest BCUT2D eigenvalue weighted by atomic mass is 35.5. The van der Waals surface area contributed by atoms with Gasteiger partial charge in [-0.1, -0.05) is 23.2 Å². The van der Waals surface area contributed by atoms with Crippen LogP contribution in [-0.4, -0.2) is 67.6 Å². The number of anilines is 4. The average molecular weight is 447 g/mol. The molecule has 2 fully saturated rings. The first-order chi connectivity index (χ1) is 13.2. The lowest BCUT2D eigenvalue weighted by Gasteiger charge is -2.30. The highest BCUT2D eigenvalue weighted by Gasteiger charge is 2.20. The number of hydrogen-bond acceptors (Lipinski definition) is 8. The highest BCUT2D eigenvalue weighted by molar-refractivity contribution is 6.42. The first-order valence-corrected chi connectivity index (χ1v) is 9.58. The van der Waals surface area contributed by atoms with Gasteiger partial charge < -0.3 is 37.0 Å². The van der Waals surface area contributed by atoms with Crippen molar-refractivity contribution in [3.63, 3.8) is 0 Å². The molecule has 2 aromatic rings. The van der Waals surface area contributed by atoms with Crippen molar-refractivity contribution >= 4 is 46.7 Å². The Hall–Kier alpha value is -1.58. The Bertz CT molecular complexity index is 764. The number of ether oxygens (including phenoxy) is 2. The minimum Gasteiger partial charge on any atom is -1.00 e. The van der Waals surface area contributed by atoms with Crippen molar-refractivity contribution in [1.29, 1.82) is 0 Å². The van der Waals surface area contributed by atoms with Crippen molar-refractivity contribution in [3.8, 4) is 0 Å². The number of nitrogens with one attached hydrogen (secondary N) is 1. The minimum absolute atomic E-state index is 0. The Morgan fingerprint density at radius 3 is 1.82 bits per heavy atom. The molecule has 0 unspecified atom stereocenters. The van der Waals surface area contributed by atoms with Gasteiger partial charge in [-0.25, -0.2) is 0 Å². The highest BCUT2D eigenvalue weighted by Crippen LogP contribution is 2.27. The Morgan fingerprint density at radius 1 is 0.786 bits per heavy atom. The Kier molecular flexibility index (Phi) is 7.36. The molecule has 2 saturated heterocycles. The lowest BCUT2D eigenvalue weighted by atomic mass is 10.3. The van der Waals surface area contributed by atoms with Gasteiger partial charge in [0, 0.05) is 31.9 Å². The van der Waals surface area contributed by atoms with Crippen molar-refractivity contribution in [3.05, 3.63) is 28.2 Å². The third-order valence-corrected chi connectivity index (χ3v) is 5.11. The topological polar surface area (TPSA) is 75.6 Å². The maximum absolute atomic E-state index is 6.12. The number of hydrogen-bond donors (Lipinski definition) is 1. The summed E-state index contributed by atoms with van der Waals surface area (Å²) in [5.74, 6) is 1.74. The summed E-state index contributed by atoms with van der Waals surface area (Å²) >= 11 is 12.1. The summed E-state index contributed by atoms with van der Waals surface area (Å²) in [4.78, 5) is 18.1. The molecule has 0 atom stereocenters. The van der Waals surface area contributed by atoms with E-state index in [4.69, 9.17) is 32.7 Å². The first-order valence-electron chi connectivity index (χ1n) is 8.82. The van der Waals surface area contributed by atoms with Gasteiger partial charge in [0.05, 0.1) is 36.5 Å². The van der Waals surface area contributed by atoms with Gasteiger partial charge in [-0.2, -0.15) is 15.0 Å². The monoisotopic (exact) mass is 445 g/mol. The summed E-state index contributed by atoms with van der Waals surface area (Å²) in [5, 5.41) is 4.18. The van der Waals surface area contributed by atoms with Crippen LogP contribution in [0.3, 0.4) is 0 Å². The summed E-state index contributed by atoms with van der Waals surface area (Å²) in [7, 11) is 0. The van der Waals surface area contributed by atoms with Gasteiger partial charge in [-0.15, -0.1) is 0 Å². The second-order valence-corrected chi connectivity index (χ2v) is 7.03. The Balaban J connectivity index is 0.00000225. The number of halogens is 3. The molecular formula is C17H20Cl3N6O2-. The van der Waals surface area contributed by atoms with Crippen molar-refractivity contribution in [1.82, 2.24) is 15.0 Å². The van der Waals surface area contributed by atoms with Crippen LogP contribution >= 0.6 is 23.2 Å². The van der Waals surface area contributed by atoms with E-state index < -0.39 is 0 Å². The fraction of sp³-hybridized carbons (Fsp3) is 0.471. The summed E-state index contributed by atoms with van der Waals surface area (Å²) in [5.41, 5.74) is 0.761. The maximum atomic E-state index is 6.12. The molecule has 1 aromatic carbocycles. The number of rotatable bonds is 4. The molecule has 8 nitrogen and oxygen atoms in total. The second-order valence-electron chi connectivity index (χ2n) is 6.21. The maximum Gasteiger partial charge on any atom is 0.233 e. The minimum atomic E-state index is 0. The van der Waals surface area contributed by atoms with Crippen LogP contribution in [0.1, 0.15) is 0 Å². The van der Waals surface area contributed by atoms with E-state index in [0.717, 1.165) is 31.9 Å². The van der Waals surface area contributed by atoms with Crippen LogP contribution in [0.15, 0.2) is 18.2 Å². The van der Waals surface area contributed by atoms with E-state index in [1.54, 1.807) is 12.1 Å². The van der Waals surface area contributed by atoms with E-state index in [-0.39, 0.29) is 12.4 Å². The normalized spacial score (nSPS) is 17.2. The third kappa shape index (κ3) is 5.07. The van der Waals surface area contributed by atoms with Gasteiger partial charge in [0.1, 0.15) is 0 Å². The van der Waals surface area contributed by atoms with Crippen molar-refractivity contribution in [2.45, 2.75) is 0 Å². The SMILES string of the molecule is Clc1ccc(Nc2nc(N3CCOCC3)nc(N3CCOCC3)n2)cc1Cl.[Cl-]. The molecule has 28 heavy (non-hydrogen) atoms. The van der Waals surface area contributed by atoms with E-state index in [0.29, 0.717) is 54.3 Å². The number of benzene rings is 1. The lowest BCUT2D eigenvalue weighted by molar-refractivity contribution is -0.00000696. The van der Waals surface area contributed by atoms with E-state index in [9.17, 15) is 0 Å². The van der Waals surface area contributed by atoms with Gasteiger partial charge in [-0.3, -0.25) is 0 Å². The molecule has 0 bridgehead atoms. The Labute approximate surface area is 179 Å². The number of morpholine rings is 2. The number of aromatic nitrogens is 3. The smallest absolute Gasteiger partial charge is 0.233 e. The number of nitrogens with zero attached hydrogens (tertiary/aromatic N) is 5. The fourth-order valence-corrected chi connectivity index (χ4v) is 3.22. The van der Waals surface area contributed by atoms with E-state index in [1.165, 1.54) is 0 Å². The molecule has 152 valence electrons. The first kappa shape index (κ1) is 21.1. The largest absolute Gasteiger partial charge is 1.00 e. The van der Waals surface area contributed by atoms with E-state index in [1.807, 2.05) is 6.07 Å². The molecule has 3 heterocycles. The van der Waals surface area contributed by atoms with Crippen molar-refractivity contribution < 1.29 is 21.9 Å². The van der Waals surface area contributed by atoms with Crippen molar-refractivity contribution in [2.24, 2.45) is 0 Å². The summed E-state index contributed by atoms with van der Waals surface area (Å²) in [6.45, 7) is 5.64. The third-order valence-electron chi connectivity index (χ3n) is 4.38. The predicted molar refractivity (Wildman–Crippen MR) is 106 cm³/mol. The van der Waals surface area contributed by atoms with Crippen molar-refractivity contribution in [2.75, 3.05) is 67.7 Å². The van der Waals surface area contributed by atoms with Gasteiger partial charge in [0.25, 0.3) is 0 Å². The molecule has 0 aliphatic carbocycles. The van der Waals surface area contributed by atoms with Gasteiger partial charge in [0.15, 0.2) is 0 Å². The Morgan fingerprint density at radius 2 is 1.32 bits per heavy atom. The van der Waals surface area contributed by atoms with Crippen LogP contribution in [0.25, 0.3) is 0 Å². The standard InChI is InChI=1S/C17H20Cl2N6O2.ClH/c18-13-2-1-12(11-14(13)19)20-15-21-16(24-3-7-26-8-4-24)23-17(22-15)25-5-9-27-10-6-25;/h1-2,11H,3-10H2,(H,20,21,22,23);1H/p-1. The molecule has 2 aliphatic heterocycles. The van der Waals surface area contributed by atoms with E-state index >= 15 is 0 Å². The van der Waals surface area contributed by atoms with Crippen LogP contribution in [0.4, 0.5) is 23.5 Å². The molecule has 0 radical (unpaired) electrons. The predicted octanol–water partition coefficient (Wildman–Crippen LogP) is -0.401. The molecule has 11 heteroatoms. The lowest BCUT2D eigenvalue weighted by Crippen LogP contribution is -3.00. The zero-order chi connectivity index (χ0) is 18.6. The zero-order valence-electron chi connectivity index (χ0n) is 15.1. The van der Waals surface area contributed by atoms with Crippen LogP contribution in [0, 0.1) is 0 Å². The fourth-order valence-electron chi connectivity index (χ4n) is 2.92. The zero-order valence-corrected chi connectivity index (χ0v) is 17.3. The summed E-state index contributed by atoms with van der Waals surface area (Å²) in [6.07, 6.45) is 0. The molecule has 2 aliphatic rings. The van der Waals surface area contributed by atoms with Crippen LogP contribution in [-0.2, 0) is 9.47 Å². The molecular weight excluding hydrogens is 427 g/mol. The molecule has 1 N–H and O–H groups in total. The molecule has 0 spiro atoms. The molecule has 4 rings (SSSR count). The van der Waals surface area contributed by atoms with Crippen LogP contribution in [0.5, 0.6) is 0 Å². The summed E-state index contributed by atoms with van der Waals surface area (Å²) in [6, 6.07) is 5.32. The van der Waals surface area contributed by atoms with Gasteiger partial charge in [-0.05, 0) is 18.2 Å². The van der Waals surface area contributed by atoms with E-state index in [2.05, 4.69) is 30.1 Å². The van der Waals surface area contributed by atoms with Gasteiger partial charge in [0.2, 0.25) is 17.8 Å². The average Bonchev–Trinajstić information content (AvgIpc) is 2.72.